The highest BCUT2D eigenvalue weighted by Crippen LogP contribution is 2.23. The summed E-state index contributed by atoms with van der Waals surface area (Å²) in [5.74, 6) is 0.268. The summed E-state index contributed by atoms with van der Waals surface area (Å²) in [4.78, 5) is 16.4. The van der Waals surface area contributed by atoms with Gasteiger partial charge in [-0.05, 0) is 39.5 Å². The first-order valence-electron chi connectivity index (χ1n) is 6.75. The van der Waals surface area contributed by atoms with Gasteiger partial charge in [-0.3, -0.25) is 9.69 Å². The van der Waals surface area contributed by atoms with Crippen LogP contribution in [0, 0.1) is 0 Å². The molecule has 2 aliphatic rings. The summed E-state index contributed by atoms with van der Waals surface area (Å²) in [6.45, 7) is 7.39. The molecule has 0 bridgehead atoms. The summed E-state index contributed by atoms with van der Waals surface area (Å²) in [5, 5.41) is 9.90. The SMILES string of the molecule is CC(C(=O)N1CCCC1)N1CCC(C)(O)CC1. The van der Waals surface area contributed by atoms with Crippen molar-refractivity contribution in [2.24, 2.45) is 0 Å². The van der Waals surface area contributed by atoms with E-state index in [2.05, 4.69) is 4.90 Å². The van der Waals surface area contributed by atoms with Crippen molar-refractivity contribution in [3.63, 3.8) is 0 Å². The molecule has 0 spiro atoms. The van der Waals surface area contributed by atoms with E-state index >= 15 is 0 Å². The van der Waals surface area contributed by atoms with Crippen molar-refractivity contribution >= 4 is 5.91 Å². The molecule has 17 heavy (non-hydrogen) atoms. The number of carbonyl (C=O) groups excluding carboxylic acids is 1. The summed E-state index contributed by atoms with van der Waals surface area (Å²) in [5.41, 5.74) is -0.535. The van der Waals surface area contributed by atoms with E-state index in [4.69, 9.17) is 0 Å². The molecule has 1 N–H and O–H groups in total. The molecule has 1 atom stereocenters. The van der Waals surface area contributed by atoms with Crippen LogP contribution in [0.4, 0.5) is 0 Å². The first kappa shape index (κ1) is 12.8. The van der Waals surface area contributed by atoms with Crippen molar-refractivity contribution in [1.82, 2.24) is 9.80 Å². The third-order valence-electron chi connectivity index (χ3n) is 4.20. The molecule has 0 aromatic heterocycles. The van der Waals surface area contributed by atoms with Gasteiger partial charge in [-0.25, -0.2) is 0 Å². The summed E-state index contributed by atoms with van der Waals surface area (Å²) < 4.78 is 0. The van der Waals surface area contributed by atoms with Gasteiger partial charge < -0.3 is 10.0 Å². The number of piperidine rings is 1. The zero-order valence-corrected chi connectivity index (χ0v) is 11.0. The Morgan fingerprint density at radius 2 is 1.71 bits per heavy atom. The summed E-state index contributed by atoms with van der Waals surface area (Å²) >= 11 is 0. The Hall–Kier alpha value is -0.610. The molecule has 1 amide bonds. The van der Waals surface area contributed by atoms with E-state index in [0.717, 1.165) is 51.9 Å². The van der Waals surface area contributed by atoms with Crippen LogP contribution < -0.4 is 0 Å². The Morgan fingerprint density at radius 3 is 2.24 bits per heavy atom. The van der Waals surface area contributed by atoms with Crippen LogP contribution in [0.2, 0.25) is 0 Å². The maximum Gasteiger partial charge on any atom is 0.239 e. The molecule has 98 valence electrons. The van der Waals surface area contributed by atoms with Crippen LogP contribution in [0.5, 0.6) is 0 Å². The minimum atomic E-state index is -0.535. The fraction of sp³-hybridized carbons (Fsp3) is 0.923. The number of nitrogens with zero attached hydrogens (tertiary/aromatic N) is 2. The van der Waals surface area contributed by atoms with Crippen molar-refractivity contribution in [3.8, 4) is 0 Å². The molecule has 0 radical (unpaired) electrons. The molecule has 2 saturated heterocycles. The third-order valence-corrected chi connectivity index (χ3v) is 4.20. The van der Waals surface area contributed by atoms with Gasteiger partial charge >= 0.3 is 0 Å². The Morgan fingerprint density at radius 1 is 1.18 bits per heavy atom. The van der Waals surface area contributed by atoms with Crippen molar-refractivity contribution in [2.45, 2.75) is 51.2 Å². The van der Waals surface area contributed by atoms with E-state index in [-0.39, 0.29) is 11.9 Å². The number of rotatable bonds is 2. The molecule has 2 aliphatic heterocycles. The molecule has 2 heterocycles. The molecule has 4 nitrogen and oxygen atoms in total. The van der Waals surface area contributed by atoms with E-state index in [9.17, 15) is 9.90 Å². The number of hydrogen-bond donors (Lipinski definition) is 1. The first-order valence-corrected chi connectivity index (χ1v) is 6.75. The molecule has 0 aromatic carbocycles. The van der Waals surface area contributed by atoms with Crippen LogP contribution in [-0.2, 0) is 4.79 Å². The fourth-order valence-electron chi connectivity index (χ4n) is 2.75. The maximum atomic E-state index is 12.2. The Kier molecular flexibility index (Phi) is 3.73. The van der Waals surface area contributed by atoms with Gasteiger partial charge in [0.15, 0.2) is 0 Å². The van der Waals surface area contributed by atoms with Crippen LogP contribution in [0.15, 0.2) is 0 Å². The smallest absolute Gasteiger partial charge is 0.239 e. The number of carbonyl (C=O) groups is 1. The highest BCUT2D eigenvalue weighted by Gasteiger charge is 2.33. The monoisotopic (exact) mass is 240 g/mol. The van der Waals surface area contributed by atoms with Gasteiger partial charge in [0.05, 0.1) is 11.6 Å². The first-order chi connectivity index (χ1) is 7.99. The quantitative estimate of drug-likeness (QED) is 0.778. The van der Waals surface area contributed by atoms with Crippen LogP contribution in [0.25, 0.3) is 0 Å². The normalized spacial score (nSPS) is 27.1. The van der Waals surface area contributed by atoms with Gasteiger partial charge in [-0.2, -0.15) is 0 Å². The Bertz CT molecular complexity index is 275. The van der Waals surface area contributed by atoms with E-state index in [1.54, 1.807) is 0 Å². The molecule has 2 rings (SSSR count). The van der Waals surface area contributed by atoms with Gasteiger partial charge in [0.1, 0.15) is 0 Å². The lowest BCUT2D eigenvalue weighted by Gasteiger charge is -2.39. The Labute approximate surface area is 104 Å². The minimum Gasteiger partial charge on any atom is -0.390 e. The number of hydrogen-bond acceptors (Lipinski definition) is 3. The van der Waals surface area contributed by atoms with E-state index < -0.39 is 5.60 Å². The second kappa shape index (κ2) is 4.94. The molecule has 4 heteroatoms. The molecule has 2 fully saturated rings. The zero-order valence-electron chi connectivity index (χ0n) is 11.0. The zero-order chi connectivity index (χ0) is 12.5. The highest BCUT2D eigenvalue weighted by atomic mass is 16.3. The topological polar surface area (TPSA) is 43.8 Å². The lowest BCUT2D eigenvalue weighted by molar-refractivity contribution is -0.137. The van der Waals surface area contributed by atoms with E-state index in [0.29, 0.717) is 0 Å². The largest absolute Gasteiger partial charge is 0.390 e. The second-order valence-corrected chi connectivity index (χ2v) is 5.74. The third kappa shape index (κ3) is 2.99. The lowest BCUT2D eigenvalue weighted by atomic mass is 9.93. The second-order valence-electron chi connectivity index (χ2n) is 5.74. The minimum absolute atomic E-state index is 0.0239. The van der Waals surface area contributed by atoms with Crippen molar-refractivity contribution < 1.29 is 9.90 Å². The summed E-state index contributed by atoms with van der Waals surface area (Å²) in [6.07, 6.45) is 3.83. The average molecular weight is 240 g/mol. The van der Waals surface area contributed by atoms with Gasteiger partial charge in [0.2, 0.25) is 5.91 Å². The molecular weight excluding hydrogens is 216 g/mol. The maximum absolute atomic E-state index is 12.2. The molecule has 0 aliphatic carbocycles. The number of aliphatic hydroxyl groups is 1. The van der Waals surface area contributed by atoms with Gasteiger partial charge in [-0.1, -0.05) is 0 Å². The van der Waals surface area contributed by atoms with Crippen LogP contribution >= 0.6 is 0 Å². The average Bonchev–Trinajstić information content (AvgIpc) is 2.80. The predicted octanol–water partition coefficient (Wildman–Crippen LogP) is 0.844. The molecule has 0 aromatic rings. The van der Waals surface area contributed by atoms with Crippen LogP contribution in [0.3, 0.4) is 0 Å². The lowest BCUT2D eigenvalue weighted by Crippen LogP contribution is -2.51. The predicted molar refractivity (Wildman–Crippen MR) is 66.7 cm³/mol. The van der Waals surface area contributed by atoms with Gasteiger partial charge in [0, 0.05) is 26.2 Å². The summed E-state index contributed by atoms with van der Waals surface area (Å²) in [6, 6.07) is -0.0239. The summed E-state index contributed by atoms with van der Waals surface area (Å²) in [7, 11) is 0. The Balaban J connectivity index is 1.87. The van der Waals surface area contributed by atoms with Crippen LogP contribution in [-0.4, -0.2) is 58.6 Å². The van der Waals surface area contributed by atoms with E-state index in [1.165, 1.54) is 0 Å². The molecule has 0 saturated carbocycles. The van der Waals surface area contributed by atoms with Gasteiger partial charge in [0.25, 0.3) is 0 Å². The van der Waals surface area contributed by atoms with Crippen molar-refractivity contribution in [1.29, 1.82) is 0 Å². The number of likely N-dealkylation sites (tertiary alicyclic amines) is 2. The molecular formula is C13H24N2O2. The van der Waals surface area contributed by atoms with Crippen LogP contribution in [0.1, 0.15) is 39.5 Å². The van der Waals surface area contributed by atoms with Gasteiger partial charge in [-0.15, -0.1) is 0 Å². The molecule has 1 unspecified atom stereocenters. The number of amides is 1. The van der Waals surface area contributed by atoms with Crippen molar-refractivity contribution in [2.75, 3.05) is 26.2 Å². The highest BCUT2D eigenvalue weighted by molar-refractivity contribution is 5.81. The van der Waals surface area contributed by atoms with E-state index in [1.807, 2.05) is 18.7 Å². The fourth-order valence-corrected chi connectivity index (χ4v) is 2.75. The van der Waals surface area contributed by atoms with Crippen molar-refractivity contribution in [3.05, 3.63) is 0 Å². The standard InChI is InChI=1S/C13H24N2O2/c1-11(12(16)15-7-3-4-8-15)14-9-5-13(2,17)6-10-14/h11,17H,3-10H2,1-2H3.